The molecule has 3 rings (SSSR count). The first-order valence-corrected chi connectivity index (χ1v) is 9.59. The first-order chi connectivity index (χ1) is 14.1. The molecule has 0 unspecified atom stereocenters. The van der Waals surface area contributed by atoms with Crippen molar-refractivity contribution in [1.29, 1.82) is 0 Å². The zero-order valence-electron chi connectivity index (χ0n) is 16.0. The van der Waals surface area contributed by atoms with E-state index in [0.29, 0.717) is 25.0 Å². The van der Waals surface area contributed by atoms with Crippen LogP contribution in [-0.4, -0.2) is 27.0 Å². The van der Waals surface area contributed by atoms with Gasteiger partial charge in [-0.25, -0.2) is 5.48 Å². The van der Waals surface area contributed by atoms with Gasteiger partial charge in [-0.05, 0) is 42.7 Å². The number of ketones is 1. The van der Waals surface area contributed by atoms with Gasteiger partial charge in [0, 0.05) is 29.7 Å². The predicted octanol–water partition coefficient (Wildman–Crippen LogP) is 4.68. The van der Waals surface area contributed by atoms with Crippen molar-refractivity contribution < 1.29 is 24.3 Å². The highest BCUT2D eigenvalue weighted by Gasteiger charge is 2.18. The molecule has 0 spiro atoms. The molecule has 0 aliphatic heterocycles. The summed E-state index contributed by atoms with van der Waals surface area (Å²) in [7, 11) is 0. The molecule has 152 valence electrons. The van der Waals surface area contributed by atoms with Crippen molar-refractivity contribution in [2.45, 2.75) is 38.5 Å². The maximum atomic E-state index is 12.9. The lowest BCUT2D eigenvalue weighted by molar-refractivity contribution is -0.129. The molecule has 7 nitrogen and oxygen atoms in total. The van der Waals surface area contributed by atoms with Crippen molar-refractivity contribution in [2.24, 2.45) is 0 Å². The minimum atomic E-state index is -0.391. The summed E-state index contributed by atoms with van der Waals surface area (Å²) < 4.78 is 5.15. The maximum absolute atomic E-state index is 12.9. The molecule has 1 aromatic carbocycles. The number of Topliss-reactive ketones (excluding diaryl/α,β-unsaturated/α-hetero) is 1. The summed E-state index contributed by atoms with van der Waals surface area (Å²) in [5.74, 6) is -0.212. The van der Waals surface area contributed by atoms with E-state index in [1.807, 2.05) is 12.1 Å². The average molecular weight is 396 g/mol. The molecule has 0 aliphatic rings. The number of aromatic nitrogens is 1. The monoisotopic (exact) mass is 396 g/mol. The number of phenols is 1. The molecule has 0 saturated heterocycles. The zero-order valence-corrected chi connectivity index (χ0v) is 16.0. The van der Waals surface area contributed by atoms with Crippen molar-refractivity contribution in [3.8, 4) is 28.1 Å². The molecule has 0 bridgehead atoms. The number of hydrogen-bond donors (Lipinski definition) is 4. The van der Waals surface area contributed by atoms with E-state index in [-0.39, 0.29) is 18.0 Å². The summed E-state index contributed by atoms with van der Waals surface area (Å²) in [5, 5.41) is 18.0. The van der Waals surface area contributed by atoms with Crippen LogP contribution < -0.4 is 5.48 Å². The van der Waals surface area contributed by atoms with Gasteiger partial charge in [-0.2, -0.15) is 0 Å². The molecule has 2 aromatic heterocycles. The van der Waals surface area contributed by atoms with Crippen molar-refractivity contribution in [3.05, 3.63) is 54.6 Å². The van der Waals surface area contributed by atoms with Gasteiger partial charge in [0.05, 0.1) is 18.2 Å². The Kier molecular flexibility index (Phi) is 6.86. The Morgan fingerprint density at radius 3 is 2.34 bits per heavy atom. The Balaban J connectivity index is 1.69. The number of phenolic OH excluding ortho intramolecular Hbond substituents is 1. The third kappa shape index (κ3) is 5.36. The molecule has 0 radical (unpaired) electrons. The smallest absolute Gasteiger partial charge is 0.243 e. The molecule has 0 aliphatic carbocycles. The van der Waals surface area contributed by atoms with E-state index in [4.69, 9.17) is 9.62 Å². The number of furan rings is 1. The first kappa shape index (κ1) is 20.4. The standard InChI is InChI=1S/C22H24N2O5/c25-17-9-7-15(8-10-17)18-13-19(16-11-12-29-14-16)23-22(18)20(26)5-3-1-2-4-6-21(27)24-28/h7-14,23,25,28H,1-6H2,(H,24,27). The number of carbonyl (C=O) groups is 2. The molecule has 1 amide bonds. The first-order valence-electron chi connectivity index (χ1n) is 9.59. The highest BCUT2D eigenvalue weighted by molar-refractivity contribution is 6.02. The third-order valence-electron chi connectivity index (χ3n) is 4.79. The Morgan fingerprint density at radius 2 is 1.69 bits per heavy atom. The summed E-state index contributed by atoms with van der Waals surface area (Å²) in [6, 6.07) is 10.5. The minimum Gasteiger partial charge on any atom is -0.508 e. The highest BCUT2D eigenvalue weighted by atomic mass is 16.5. The van der Waals surface area contributed by atoms with Gasteiger partial charge in [-0.15, -0.1) is 0 Å². The van der Waals surface area contributed by atoms with E-state index < -0.39 is 5.91 Å². The third-order valence-corrected chi connectivity index (χ3v) is 4.79. The summed E-state index contributed by atoms with van der Waals surface area (Å²) in [6.45, 7) is 0. The van der Waals surface area contributed by atoms with Gasteiger partial charge >= 0.3 is 0 Å². The Labute approximate surface area is 168 Å². The van der Waals surface area contributed by atoms with Crippen LogP contribution in [0.15, 0.2) is 53.3 Å². The SMILES string of the molecule is O=C(CCCCCCC(=O)c1[nH]c(-c2ccoc2)cc1-c1ccc(O)cc1)NO. The number of aromatic amines is 1. The van der Waals surface area contributed by atoms with Gasteiger partial charge in [0.25, 0.3) is 0 Å². The molecule has 2 heterocycles. The Morgan fingerprint density at radius 1 is 0.966 bits per heavy atom. The summed E-state index contributed by atoms with van der Waals surface area (Å²) in [6.07, 6.45) is 6.90. The van der Waals surface area contributed by atoms with E-state index >= 15 is 0 Å². The van der Waals surface area contributed by atoms with Gasteiger partial charge < -0.3 is 14.5 Å². The summed E-state index contributed by atoms with van der Waals surface area (Å²) in [5.41, 5.74) is 5.42. The van der Waals surface area contributed by atoms with Crippen LogP contribution in [-0.2, 0) is 4.79 Å². The predicted molar refractivity (Wildman–Crippen MR) is 108 cm³/mol. The second kappa shape index (κ2) is 9.75. The minimum absolute atomic E-state index is 0.0101. The molecule has 0 atom stereocenters. The van der Waals surface area contributed by atoms with Crippen LogP contribution in [0.1, 0.15) is 49.0 Å². The lowest BCUT2D eigenvalue weighted by atomic mass is 10.0. The molecule has 0 fully saturated rings. The number of aromatic hydroxyl groups is 1. The molecule has 29 heavy (non-hydrogen) atoms. The van der Waals surface area contributed by atoms with Crippen molar-refractivity contribution in [3.63, 3.8) is 0 Å². The summed E-state index contributed by atoms with van der Waals surface area (Å²) >= 11 is 0. The van der Waals surface area contributed by atoms with Crippen molar-refractivity contribution in [1.82, 2.24) is 10.5 Å². The van der Waals surface area contributed by atoms with Crippen LogP contribution in [0.25, 0.3) is 22.4 Å². The van der Waals surface area contributed by atoms with E-state index in [2.05, 4.69) is 4.98 Å². The fourth-order valence-electron chi connectivity index (χ4n) is 3.22. The number of carbonyl (C=O) groups excluding carboxylic acids is 2. The van der Waals surface area contributed by atoms with Gasteiger partial charge in [-0.3, -0.25) is 14.8 Å². The molecule has 4 N–H and O–H groups in total. The van der Waals surface area contributed by atoms with Crippen molar-refractivity contribution in [2.75, 3.05) is 0 Å². The molecule has 7 heteroatoms. The topological polar surface area (TPSA) is 116 Å². The molecule has 0 saturated carbocycles. The van der Waals surface area contributed by atoms with Gasteiger partial charge in [0.1, 0.15) is 5.75 Å². The van der Waals surface area contributed by atoms with Crippen molar-refractivity contribution >= 4 is 11.7 Å². The molecule has 3 aromatic rings. The van der Waals surface area contributed by atoms with Crippen LogP contribution in [0.3, 0.4) is 0 Å². The lowest BCUT2D eigenvalue weighted by Crippen LogP contribution is -2.17. The molecular formula is C22H24N2O5. The van der Waals surface area contributed by atoms with Crippen LogP contribution in [0, 0.1) is 0 Å². The Hall–Kier alpha value is -3.32. The molecular weight excluding hydrogens is 372 g/mol. The van der Waals surface area contributed by atoms with E-state index in [9.17, 15) is 14.7 Å². The normalized spacial score (nSPS) is 10.8. The van der Waals surface area contributed by atoms with Gasteiger partial charge in [0.15, 0.2) is 5.78 Å². The zero-order chi connectivity index (χ0) is 20.6. The fraction of sp³-hybridized carbons (Fsp3) is 0.273. The number of benzene rings is 1. The van der Waals surface area contributed by atoms with Crippen LogP contribution in [0.4, 0.5) is 0 Å². The van der Waals surface area contributed by atoms with Gasteiger partial charge in [0.2, 0.25) is 5.91 Å². The van der Waals surface area contributed by atoms with E-state index in [1.165, 1.54) is 0 Å². The summed E-state index contributed by atoms with van der Waals surface area (Å²) in [4.78, 5) is 27.1. The number of hydrogen-bond acceptors (Lipinski definition) is 5. The highest BCUT2D eigenvalue weighted by Crippen LogP contribution is 2.32. The fourth-order valence-corrected chi connectivity index (χ4v) is 3.22. The number of amides is 1. The number of H-pyrrole nitrogens is 1. The van der Waals surface area contributed by atoms with E-state index in [0.717, 1.165) is 35.2 Å². The largest absolute Gasteiger partial charge is 0.508 e. The quantitative estimate of drug-likeness (QED) is 0.172. The van der Waals surface area contributed by atoms with Gasteiger partial charge in [-0.1, -0.05) is 25.0 Å². The van der Waals surface area contributed by atoms with E-state index in [1.54, 1.807) is 42.3 Å². The number of unbranched alkanes of at least 4 members (excludes halogenated alkanes) is 3. The number of hydroxylamine groups is 1. The Bertz CT molecular complexity index is 942. The average Bonchev–Trinajstić information content (AvgIpc) is 3.40. The van der Waals surface area contributed by atoms with Crippen LogP contribution >= 0.6 is 0 Å². The lowest BCUT2D eigenvalue weighted by Gasteiger charge is -2.05. The second-order valence-corrected chi connectivity index (χ2v) is 6.90. The number of nitrogens with one attached hydrogen (secondary N) is 2. The van der Waals surface area contributed by atoms with Crippen LogP contribution in [0.5, 0.6) is 5.75 Å². The van der Waals surface area contributed by atoms with Crippen LogP contribution in [0.2, 0.25) is 0 Å². The second-order valence-electron chi connectivity index (χ2n) is 6.90. The number of rotatable bonds is 10. The maximum Gasteiger partial charge on any atom is 0.243 e.